The number of piperazine rings is 1. The molecule has 1 atom stereocenters. The number of amides is 1. The predicted molar refractivity (Wildman–Crippen MR) is 166 cm³/mol. The smallest absolute Gasteiger partial charge is 0.254 e. The van der Waals surface area contributed by atoms with Crippen LogP contribution in [0, 0.1) is 0 Å². The molecule has 1 unspecified atom stereocenters. The van der Waals surface area contributed by atoms with E-state index in [4.69, 9.17) is 34.8 Å². The van der Waals surface area contributed by atoms with Crippen LogP contribution in [0.2, 0.25) is 5.02 Å². The molecule has 3 heterocycles. The van der Waals surface area contributed by atoms with Gasteiger partial charge >= 0.3 is 0 Å². The molecule has 0 bridgehead atoms. The first-order chi connectivity index (χ1) is 20.3. The quantitative estimate of drug-likeness (QED) is 0.177. The van der Waals surface area contributed by atoms with E-state index in [1.807, 2.05) is 47.4 Å². The summed E-state index contributed by atoms with van der Waals surface area (Å²) in [5.41, 5.74) is 8.52. The van der Waals surface area contributed by atoms with Gasteiger partial charge in [-0.1, -0.05) is 53.5 Å². The first kappa shape index (κ1) is 29.1. The summed E-state index contributed by atoms with van der Waals surface area (Å²) in [4.78, 5) is 40.3. The molecule has 0 radical (unpaired) electrons. The number of hydrazine groups is 1. The highest BCUT2D eigenvalue weighted by molar-refractivity contribution is 6.31. The van der Waals surface area contributed by atoms with E-state index in [9.17, 15) is 9.59 Å². The van der Waals surface area contributed by atoms with Gasteiger partial charge in [-0.2, -0.15) is 0 Å². The number of hydrogen-bond acceptors (Lipinski definition) is 8. The lowest BCUT2D eigenvalue weighted by Gasteiger charge is -2.37. The first-order valence-electron chi connectivity index (χ1n) is 13.3. The summed E-state index contributed by atoms with van der Waals surface area (Å²) in [5, 5.41) is 1.64. The molecule has 1 amide bonds. The topological polar surface area (TPSA) is 127 Å². The van der Waals surface area contributed by atoms with Crippen LogP contribution in [0.3, 0.4) is 0 Å². The largest absolute Gasteiger partial charge is 0.388 e. The number of hydrogen-bond donors (Lipinski definition) is 2. The van der Waals surface area contributed by atoms with E-state index < -0.39 is 6.04 Å². The van der Waals surface area contributed by atoms with Gasteiger partial charge in [0, 0.05) is 67.3 Å². The van der Waals surface area contributed by atoms with E-state index in [1.165, 1.54) is 28.2 Å². The molecule has 4 N–H and O–H groups in total. The summed E-state index contributed by atoms with van der Waals surface area (Å²) in [7, 11) is 0. The van der Waals surface area contributed by atoms with E-state index in [1.54, 1.807) is 30.6 Å². The van der Waals surface area contributed by atoms with E-state index in [2.05, 4.69) is 14.9 Å². The Morgan fingerprint density at radius 1 is 1.02 bits per heavy atom. The molecule has 10 nitrogen and oxygen atoms in total. The highest BCUT2D eigenvalue weighted by Crippen LogP contribution is 2.31. The summed E-state index contributed by atoms with van der Waals surface area (Å²) in [6.07, 6.45) is 6.59. The van der Waals surface area contributed by atoms with Crippen LogP contribution in [0.5, 0.6) is 0 Å². The Labute approximate surface area is 253 Å². The molecule has 1 aliphatic rings. The van der Waals surface area contributed by atoms with Gasteiger partial charge in [-0.15, -0.1) is 0 Å². The van der Waals surface area contributed by atoms with E-state index >= 15 is 0 Å². The summed E-state index contributed by atoms with van der Waals surface area (Å²) in [5.74, 6) is 6.00. The number of nitrogens with two attached hydrogens (primary N) is 2. The van der Waals surface area contributed by atoms with E-state index in [-0.39, 0.29) is 16.6 Å². The SMILES string of the molecule is N/C(Cl)=C\N(N)c1ccc(Cl)cc1-c1cc(=O)n(C(Cc2ccccc2)C(=O)N2CCN(c3ccncc3)CC2)cn1. The minimum absolute atomic E-state index is 0.0225. The molecule has 5 rings (SSSR count). The van der Waals surface area contributed by atoms with Crippen molar-refractivity contribution < 1.29 is 4.79 Å². The highest BCUT2D eigenvalue weighted by Gasteiger charge is 2.30. The van der Waals surface area contributed by atoms with Gasteiger partial charge < -0.3 is 15.5 Å². The Morgan fingerprint density at radius 3 is 2.40 bits per heavy atom. The van der Waals surface area contributed by atoms with Crippen LogP contribution >= 0.6 is 23.2 Å². The second-order valence-corrected chi connectivity index (χ2v) is 10.7. The molecule has 42 heavy (non-hydrogen) atoms. The molecule has 0 saturated carbocycles. The maximum absolute atomic E-state index is 14.0. The third-order valence-corrected chi connectivity index (χ3v) is 7.46. The average molecular weight is 606 g/mol. The van der Waals surface area contributed by atoms with Gasteiger partial charge in [-0.3, -0.25) is 24.1 Å². The van der Waals surface area contributed by atoms with Crippen molar-refractivity contribution in [2.24, 2.45) is 11.6 Å². The van der Waals surface area contributed by atoms with Crippen molar-refractivity contribution in [1.82, 2.24) is 19.4 Å². The van der Waals surface area contributed by atoms with Crippen molar-refractivity contribution in [3.63, 3.8) is 0 Å². The molecule has 1 fully saturated rings. The van der Waals surface area contributed by atoms with Crippen LogP contribution in [0.25, 0.3) is 11.3 Å². The van der Waals surface area contributed by atoms with Crippen LogP contribution in [0.1, 0.15) is 11.6 Å². The summed E-state index contributed by atoms with van der Waals surface area (Å²) >= 11 is 12.1. The number of halogens is 2. The standard InChI is InChI=1S/C30H30Cl2N8O2/c31-22-6-7-26(40(34)19-28(32)33)24(17-22)25-18-29(41)39(20-36-25)27(16-21-4-2-1-3-5-21)30(42)38-14-12-37(13-15-38)23-8-10-35-11-9-23/h1-11,17-20,27H,12-16,33-34H2/b28-19-. The van der Waals surface area contributed by atoms with Crippen molar-refractivity contribution in [2.45, 2.75) is 12.5 Å². The number of carbonyl (C=O) groups is 1. The molecule has 1 aliphatic heterocycles. The lowest BCUT2D eigenvalue weighted by molar-refractivity contribution is -0.135. The third-order valence-electron chi connectivity index (χ3n) is 7.12. The van der Waals surface area contributed by atoms with Gasteiger partial charge in [-0.25, -0.2) is 10.8 Å². The molecule has 0 spiro atoms. The average Bonchev–Trinajstić information content (AvgIpc) is 3.00. The highest BCUT2D eigenvalue weighted by atomic mass is 35.5. The zero-order valence-corrected chi connectivity index (χ0v) is 24.2. The molecule has 2 aromatic carbocycles. The summed E-state index contributed by atoms with van der Waals surface area (Å²) < 4.78 is 1.40. The van der Waals surface area contributed by atoms with Crippen LogP contribution in [-0.2, 0) is 11.2 Å². The number of benzene rings is 2. The van der Waals surface area contributed by atoms with Gasteiger partial charge in [0.25, 0.3) is 5.56 Å². The third kappa shape index (κ3) is 6.73. The van der Waals surface area contributed by atoms with Gasteiger partial charge in [-0.05, 0) is 35.9 Å². The van der Waals surface area contributed by atoms with Crippen LogP contribution in [0.4, 0.5) is 11.4 Å². The Morgan fingerprint density at radius 2 is 1.74 bits per heavy atom. The molecular formula is C30H30Cl2N8O2. The zero-order valence-electron chi connectivity index (χ0n) is 22.7. The van der Waals surface area contributed by atoms with Crippen molar-refractivity contribution >= 4 is 40.5 Å². The maximum Gasteiger partial charge on any atom is 0.254 e. The minimum atomic E-state index is -0.780. The fourth-order valence-corrected chi connectivity index (χ4v) is 5.30. The Kier molecular flexibility index (Phi) is 9.06. The molecule has 1 saturated heterocycles. The molecule has 216 valence electrons. The normalized spacial score (nSPS) is 14.5. The Bertz CT molecular complexity index is 1620. The molecule has 0 aliphatic carbocycles. The van der Waals surface area contributed by atoms with Crippen LogP contribution in [-0.4, -0.2) is 51.5 Å². The summed E-state index contributed by atoms with van der Waals surface area (Å²) in [6, 6.07) is 19.1. The lowest BCUT2D eigenvalue weighted by Crippen LogP contribution is -2.51. The van der Waals surface area contributed by atoms with Crippen molar-refractivity contribution in [3.05, 3.63) is 118 Å². The van der Waals surface area contributed by atoms with Crippen molar-refractivity contribution in [2.75, 3.05) is 36.1 Å². The van der Waals surface area contributed by atoms with Gasteiger partial charge in [0.2, 0.25) is 5.91 Å². The van der Waals surface area contributed by atoms with Crippen LogP contribution in [0.15, 0.2) is 102 Å². The Hall–Kier alpha value is -4.38. The number of pyridine rings is 1. The van der Waals surface area contributed by atoms with Gasteiger partial charge in [0.05, 0.1) is 23.9 Å². The first-order valence-corrected chi connectivity index (χ1v) is 14.1. The number of aromatic nitrogens is 3. The van der Waals surface area contributed by atoms with E-state index in [0.717, 1.165) is 11.3 Å². The molecule has 12 heteroatoms. The van der Waals surface area contributed by atoms with Crippen LogP contribution < -0.4 is 27.0 Å². The number of carbonyl (C=O) groups excluding carboxylic acids is 1. The fraction of sp³-hybridized carbons (Fsp3) is 0.200. The zero-order chi connectivity index (χ0) is 29.6. The number of nitrogens with zero attached hydrogens (tertiary/aromatic N) is 6. The monoisotopic (exact) mass is 604 g/mol. The lowest BCUT2D eigenvalue weighted by atomic mass is 10.0. The van der Waals surface area contributed by atoms with Crippen molar-refractivity contribution in [3.8, 4) is 11.3 Å². The predicted octanol–water partition coefficient (Wildman–Crippen LogP) is 3.77. The second-order valence-electron chi connectivity index (χ2n) is 9.83. The molecule has 2 aromatic heterocycles. The maximum atomic E-state index is 14.0. The molecular weight excluding hydrogens is 575 g/mol. The summed E-state index contributed by atoms with van der Waals surface area (Å²) in [6.45, 7) is 2.41. The number of anilines is 2. The number of rotatable bonds is 8. The van der Waals surface area contributed by atoms with Gasteiger partial charge in [0.15, 0.2) is 0 Å². The van der Waals surface area contributed by atoms with E-state index in [0.29, 0.717) is 54.6 Å². The second kappa shape index (κ2) is 13.1. The Balaban J connectivity index is 1.45. The minimum Gasteiger partial charge on any atom is -0.388 e. The molecule has 4 aromatic rings. The van der Waals surface area contributed by atoms with Gasteiger partial charge in [0.1, 0.15) is 11.2 Å². The van der Waals surface area contributed by atoms with Crippen molar-refractivity contribution in [1.29, 1.82) is 0 Å². The fourth-order valence-electron chi connectivity index (χ4n) is 5.03.